The van der Waals surface area contributed by atoms with Gasteiger partial charge in [0.1, 0.15) is 24.2 Å². The Hall–Kier alpha value is -3.44. The quantitative estimate of drug-likeness (QED) is 0.205. The largest absolute Gasteiger partial charge is 0.494 e. The van der Waals surface area contributed by atoms with E-state index in [1.54, 1.807) is 55.5 Å². The van der Waals surface area contributed by atoms with Gasteiger partial charge < -0.3 is 15.0 Å². The van der Waals surface area contributed by atoms with E-state index < -0.39 is 34.3 Å². The van der Waals surface area contributed by atoms with Crippen LogP contribution in [0.4, 0.5) is 10.1 Å². The van der Waals surface area contributed by atoms with Gasteiger partial charge in [-0.3, -0.25) is 13.9 Å². The zero-order valence-corrected chi connectivity index (χ0v) is 26.5. The van der Waals surface area contributed by atoms with Crippen LogP contribution in [0.1, 0.15) is 45.6 Å². The van der Waals surface area contributed by atoms with Crippen molar-refractivity contribution in [3.05, 3.63) is 88.6 Å². The number of halogens is 2. The highest BCUT2D eigenvalue weighted by molar-refractivity contribution is 9.10. The average molecular weight is 663 g/mol. The third-order valence-electron chi connectivity index (χ3n) is 6.60. The number of amides is 2. The van der Waals surface area contributed by atoms with E-state index in [1.807, 2.05) is 13.8 Å². The van der Waals surface area contributed by atoms with Crippen molar-refractivity contribution in [2.45, 2.75) is 57.5 Å². The molecule has 11 heteroatoms. The Bertz CT molecular complexity index is 1420. The summed E-state index contributed by atoms with van der Waals surface area (Å²) in [4.78, 5) is 28.7. The predicted molar refractivity (Wildman–Crippen MR) is 165 cm³/mol. The van der Waals surface area contributed by atoms with Crippen LogP contribution in [0.2, 0.25) is 0 Å². The van der Waals surface area contributed by atoms with Crippen molar-refractivity contribution in [1.29, 1.82) is 0 Å². The third kappa shape index (κ3) is 8.78. The molecule has 0 aromatic heterocycles. The molecule has 0 aliphatic rings. The minimum absolute atomic E-state index is 0.00168. The Morgan fingerprint density at radius 1 is 0.952 bits per heavy atom. The maximum atomic E-state index is 14.1. The third-order valence-corrected chi connectivity index (χ3v) is 8.91. The van der Waals surface area contributed by atoms with Crippen LogP contribution >= 0.6 is 15.9 Å². The summed E-state index contributed by atoms with van der Waals surface area (Å²) >= 11 is 3.33. The molecule has 0 bridgehead atoms. The molecule has 3 rings (SSSR count). The number of hydrogen-bond acceptors (Lipinski definition) is 5. The molecule has 8 nitrogen and oxygen atoms in total. The fourth-order valence-corrected chi connectivity index (χ4v) is 6.03. The maximum absolute atomic E-state index is 14.1. The van der Waals surface area contributed by atoms with Gasteiger partial charge in [-0.25, -0.2) is 12.8 Å². The summed E-state index contributed by atoms with van der Waals surface area (Å²) in [7, 11) is -4.20. The lowest BCUT2D eigenvalue weighted by Gasteiger charge is -2.33. The number of nitrogens with zero attached hydrogens (tertiary/aromatic N) is 2. The van der Waals surface area contributed by atoms with Crippen molar-refractivity contribution in [1.82, 2.24) is 10.2 Å². The molecule has 0 aliphatic carbocycles. The van der Waals surface area contributed by atoms with Crippen LogP contribution < -0.4 is 14.4 Å². The lowest BCUT2D eigenvalue weighted by molar-refractivity contribution is -0.140. The number of rotatable bonds is 15. The van der Waals surface area contributed by atoms with Gasteiger partial charge in [-0.05, 0) is 86.0 Å². The van der Waals surface area contributed by atoms with Gasteiger partial charge >= 0.3 is 0 Å². The van der Waals surface area contributed by atoms with Gasteiger partial charge in [-0.2, -0.15) is 0 Å². The number of sulfonamides is 1. The van der Waals surface area contributed by atoms with E-state index in [4.69, 9.17) is 4.74 Å². The fraction of sp³-hybridized carbons (Fsp3) is 0.355. The van der Waals surface area contributed by atoms with E-state index in [-0.39, 0.29) is 23.0 Å². The van der Waals surface area contributed by atoms with Crippen molar-refractivity contribution in [2.24, 2.45) is 0 Å². The first-order valence-corrected chi connectivity index (χ1v) is 16.2. The fourth-order valence-electron chi connectivity index (χ4n) is 4.35. The van der Waals surface area contributed by atoms with E-state index >= 15 is 0 Å². The van der Waals surface area contributed by atoms with Crippen LogP contribution in [0, 0.1) is 5.82 Å². The highest BCUT2D eigenvalue weighted by Crippen LogP contribution is 2.27. The van der Waals surface area contributed by atoms with E-state index in [2.05, 4.69) is 21.2 Å². The summed E-state index contributed by atoms with van der Waals surface area (Å²) in [6, 6.07) is 17.3. The van der Waals surface area contributed by atoms with E-state index in [1.165, 1.54) is 29.2 Å². The Morgan fingerprint density at radius 2 is 1.60 bits per heavy atom. The summed E-state index contributed by atoms with van der Waals surface area (Å²) in [5.41, 5.74) is 0.866. The van der Waals surface area contributed by atoms with Crippen molar-refractivity contribution in [3.63, 3.8) is 0 Å². The van der Waals surface area contributed by atoms with Crippen molar-refractivity contribution < 1.29 is 27.1 Å². The topological polar surface area (TPSA) is 96.0 Å². The molecule has 42 heavy (non-hydrogen) atoms. The summed E-state index contributed by atoms with van der Waals surface area (Å²) in [5, 5.41) is 2.89. The zero-order valence-electron chi connectivity index (χ0n) is 24.1. The predicted octanol–water partition coefficient (Wildman–Crippen LogP) is 5.91. The number of nitrogens with one attached hydrogen (secondary N) is 1. The van der Waals surface area contributed by atoms with Crippen molar-refractivity contribution >= 4 is 43.5 Å². The van der Waals surface area contributed by atoms with Crippen LogP contribution in [0.25, 0.3) is 0 Å². The molecule has 0 fully saturated rings. The normalized spacial score (nSPS) is 11.9. The van der Waals surface area contributed by atoms with E-state index in [9.17, 15) is 22.4 Å². The van der Waals surface area contributed by atoms with Gasteiger partial charge in [0.15, 0.2) is 0 Å². The van der Waals surface area contributed by atoms with Crippen LogP contribution in [-0.4, -0.2) is 50.9 Å². The van der Waals surface area contributed by atoms with Crippen LogP contribution in [0.5, 0.6) is 5.75 Å². The first-order chi connectivity index (χ1) is 20.1. The molecule has 3 aromatic rings. The lowest BCUT2D eigenvalue weighted by atomic mass is 10.1. The number of ether oxygens (including phenoxy) is 1. The van der Waals surface area contributed by atoms with E-state index in [0.29, 0.717) is 35.4 Å². The number of carbonyl (C=O) groups is 2. The van der Waals surface area contributed by atoms with Gasteiger partial charge in [-0.15, -0.1) is 0 Å². The van der Waals surface area contributed by atoms with Gasteiger partial charge in [0.05, 0.1) is 17.2 Å². The van der Waals surface area contributed by atoms with Crippen LogP contribution in [-0.2, 0) is 26.2 Å². The van der Waals surface area contributed by atoms with Gasteiger partial charge in [0.2, 0.25) is 11.8 Å². The van der Waals surface area contributed by atoms with Crippen LogP contribution in [0.15, 0.2) is 82.2 Å². The number of benzene rings is 3. The Labute approximate surface area is 256 Å². The molecule has 2 amide bonds. The molecule has 0 saturated carbocycles. The highest BCUT2D eigenvalue weighted by Gasteiger charge is 2.33. The number of unbranched alkanes of at least 4 members (excludes halogenated alkanes) is 1. The van der Waals surface area contributed by atoms with E-state index in [0.717, 1.165) is 17.1 Å². The van der Waals surface area contributed by atoms with Gasteiger partial charge in [-0.1, -0.05) is 48.3 Å². The Morgan fingerprint density at radius 3 is 2.17 bits per heavy atom. The Balaban J connectivity index is 2.03. The molecule has 226 valence electrons. The second kappa shape index (κ2) is 15.7. The average Bonchev–Trinajstić information content (AvgIpc) is 2.97. The standard InChI is InChI=1S/C31H37BrFN3O5S/c1-4-7-20-34-31(38)29(5-2)35(21-23-8-12-25(33)13-9-23)30(37)22-36(26-14-16-27(17-15-26)41-6-3)42(39,40)28-18-10-24(32)11-19-28/h8-19,29H,4-7,20-22H2,1-3H3,(H,34,38)/t29-/m0/s1. The van der Waals surface area contributed by atoms with Gasteiger partial charge in [0, 0.05) is 17.6 Å². The van der Waals surface area contributed by atoms with Crippen LogP contribution in [0.3, 0.4) is 0 Å². The molecule has 0 heterocycles. The number of hydrogen-bond donors (Lipinski definition) is 1. The monoisotopic (exact) mass is 661 g/mol. The molecule has 0 aliphatic heterocycles. The minimum atomic E-state index is -4.20. The molecular formula is C31H37BrFN3O5S. The molecule has 0 radical (unpaired) electrons. The minimum Gasteiger partial charge on any atom is -0.494 e. The van der Waals surface area contributed by atoms with Crippen molar-refractivity contribution in [2.75, 3.05) is 24.0 Å². The molecule has 3 aromatic carbocycles. The first kappa shape index (κ1) is 33.1. The molecule has 0 unspecified atom stereocenters. The maximum Gasteiger partial charge on any atom is 0.264 e. The summed E-state index contributed by atoms with van der Waals surface area (Å²) in [6.07, 6.45) is 1.97. The second-order valence-electron chi connectivity index (χ2n) is 9.61. The zero-order chi connectivity index (χ0) is 30.7. The van der Waals surface area contributed by atoms with Gasteiger partial charge in [0.25, 0.3) is 10.0 Å². The molecule has 1 atom stereocenters. The summed E-state index contributed by atoms with van der Waals surface area (Å²) < 4.78 is 48.8. The van der Waals surface area contributed by atoms with Crippen molar-refractivity contribution in [3.8, 4) is 5.75 Å². The number of anilines is 1. The molecule has 0 saturated heterocycles. The highest BCUT2D eigenvalue weighted by atomic mass is 79.9. The first-order valence-electron chi connectivity index (χ1n) is 13.9. The summed E-state index contributed by atoms with van der Waals surface area (Å²) in [5.74, 6) is -0.777. The molecule has 0 spiro atoms. The Kier molecular flexibility index (Phi) is 12.4. The lowest BCUT2D eigenvalue weighted by Crippen LogP contribution is -2.52. The molecular weight excluding hydrogens is 625 g/mol. The second-order valence-corrected chi connectivity index (χ2v) is 12.4. The smallest absolute Gasteiger partial charge is 0.264 e. The summed E-state index contributed by atoms with van der Waals surface area (Å²) in [6.45, 7) is 5.97. The SMILES string of the molecule is CCCCNC(=O)[C@H](CC)N(Cc1ccc(F)cc1)C(=O)CN(c1ccc(OCC)cc1)S(=O)(=O)c1ccc(Br)cc1. The number of carbonyl (C=O) groups excluding carboxylic acids is 2. The molecule has 1 N–H and O–H groups in total.